The zero-order valence-corrected chi connectivity index (χ0v) is 22.6. The number of hydrogen-bond donors (Lipinski definition) is 0. The van der Waals surface area contributed by atoms with Crippen LogP contribution in [0, 0.1) is 5.92 Å². The molecule has 0 N–H and O–H groups in total. The standard InChI is InChI=1S/C26H30N6O3S2/c1-3-4-19-15-28-25(29-16-19)32-12-9-18(10-13-32)11-14-35-26-31-22-7-6-21(30-24(22)36-26)20-5-8-23(27-17-20)37(2,33)34/h5-8,15-18H,3-4,9-14H2,1-2H3. The number of ether oxygens (including phenoxy) is 1. The molecule has 0 amide bonds. The summed E-state index contributed by atoms with van der Waals surface area (Å²) in [4.78, 5) is 25.5. The monoisotopic (exact) mass is 538 g/mol. The van der Waals surface area contributed by atoms with Crippen molar-refractivity contribution in [2.45, 2.75) is 44.1 Å². The van der Waals surface area contributed by atoms with E-state index in [1.807, 2.05) is 24.5 Å². The Labute approximate surface area is 220 Å². The molecule has 5 heterocycles. The fraction of sp³-hybridized carbons (Fsp3) is 0.423. The molecule has 0 bridgehead atoms. The first-order valence-corrected chi connectivity index (χ1v) is 15.2. The van der Waals surface area contributed by atoms with Crippen LogP contribution in [0.25, 0.3) is 21.6 Å². The Balaban J connectivity index is 1.13. The molecule has 4 aromatic heterocycles. The number of aryl methyl sites for hydroxylation is 1. The summed E-state index contributed by atoms with van der Waals surface area (Å²) in [5, 5.41) is 0.661. The summed E-state index contributed by atoms with van der Waals surface area (Å²) >= 11 is 1.42. The van der Waals surface area contributed by atoms with Crippen LogP contribution < -0.4 is 9.64 Å². The van der Waals surface area contributed by atoms with E-state index in [1.54, 1.807) is 6.07 Å². The average Bonchev–Trinajstić information content (AvgIpc) is 3.31. The Bertz CT molecular complexity index is 1450. The number of nitrogens with zero attached hydrogens (tertiary/aromatic N) is 6. The van der Waals surface area contributed by atoms with Gasteiger partial charge in [0.15, 0.2) is 14.9 Å². The molecule has 0 aliphatic carbocycles. The van der Waals surface area contributed by atoms with Gasteiger partial charge in [0.05, 0.1) is 12.3 Å². The van der Waals surface area contributed by atoms with Crippen molar-refractivity contribution < 1.29 is 13.2 Å². The number of thiazole rings is 1. The van der Waals surface area contributed by atoms with Crippen molar-refractivity contribution in [3.63, 3.8) is 0 Å². The molecule has 0 atom stereocenters. The molecule has 0 saturated carbocycles. The lowest BCUT2D eigenvalue weighted by atomic mass is 9.94. The first-order valence-electron chi connectivity index (χ1n) is 12.5. The molecule has 1 fully saturated rings. The number of rotatable bonds is 9. The molecule has 1 aliphatic heterocycles. The van der Waals surface area contributed by atoms with Gasteiger partial charge in [-0.25, -0.2) is 33.3 Å². The van der Waals surface area contributed by atoms with E-state index in [0.717, 1.165) is 73.3 Å². The fourth-order valence-corrected chi connectivity index (χ4v) is 5.81. The van der Waals surface area contributed by atoms with Crippen LogP contribution in [0.15, 0.2) is 47.9 Å². The molecular formula is C26H30N6O3S2. The Kier molecular flexibility index (Phi) is 7.61. The zero-order chi connectivity index (χ0) is 25.8. The highest BCUT2D eigenvalue weighted by Gasteiger charge is 2.21. The smallest absolute Gasteiger partial charge is 0.275 e. The van der Waals surface area contributed by atoms with Gasteiger partial charge in [-0.15, -0.1) is 0 Å². The Morgan fingerprint density at radius 1 is 1.03 bits per heavy atom. The highest BCUT2D eigenvalue weighted by atomic mass is 32.2. The third kappa shape index (κ3) is 6.22. The minimum absolute atomic E-state index is 0.0471. The van der Waals surface area contributed by atoms with E-state index in [9.17, 15) is 8.42 Å². The van der Waals surface area contributed by atoms with Crippen molar-refractivity contribution >= 4 is 37.5 Å². The van der Waals surface area contributed by atoms with E-state index in [0.29, 0.717) is 23.4 Å². The van der Waals surface area contributed by atoms with Crippen LogP contribution in [0.3, 0.4) is 0 Å². The maximum absolute atomic E-state index is 11.6. The summed E-state index contributed by atoms with van der Waals surface area (Å²) in [5.41, 5.74) is 3.44. The molecule has 194 valence electrons. The molecule has 37 heavy (non-hydrogen) atoms. The second-order valence-corrected chi connectivity index (χ2v) is 12.3. The van der Waals surface area contributed by atoms with Crippen LogP contribution in [-0.4, -0.2) is 59.3 Å². The molecule has 0 spiro atoms. The quantitative estimate of drug-likeness (QED) is 0.302. The molecule has 1 saturated heterocycles. The van der Waals surface area contributed by atoms with Crippen molar-refractivity contribution in [2.75, 3.05) is 30.9 Å². The Morgan fingerprint density at radius 3 is 2.49 bits per heavy atom. The predicted molar refractivity (Wildman–Crippen MR) is 145 cm³/mol. The molecule has 0 aromatic carbocycles. The van der Waals surface area contributed by atoms with Crippen LogP contribution in [0.4, 0.5) is 5.95 Å². The summed E-state index contributed by atoms with van der Waals surface area (Å²) in [6, 6.07) is 6.98. The lowest BCUT2D eigenvalue weighted by Crippen LogP contribution is -2.35. The molecule has 0 radical (unpaired) electrons. The third-order valence-electron chi connectivity index (χ3n) is 6.53. The summed E-state index contributed by atoms with van der Waals surface area (Å²) < 4.78 is 29.3. The van der Waals surface area contributed by atoms with Gasteiger partial charge in [-0.3, -0.25) is 0 Å². The first-order chi connectivity index (χ1) is 17.9. The van der Waals surface area contributed by atoms with E-state index in [2.05, 4.69) is 36.7 Å². The largest absolute Gasteiger partial charge is 0.470 e. The molecule has 0 unspecified atom stereocenters. The third-order valence-corrected chi connectivity index (χ3v) is 8.41. The minimum Gasteiger partial charge on any atom is -0.470 e. The van der Waals surface area contributed by atoms with Gasteiger partial charge in [0.25, 0.3) is 5.19 Å². The van der Waals surface area contributed by atoms with Gasteiger partial charge < -0.3 is 9.64 Å². The van der Waals surface area contributed by atoms with Crippen molar-refractivity contribution in [3.05, 3.63) is 48.4 Å². The number of pyridine rings is 2. The number of sulfone groups is 1. The lowest BCUT2D eigenvalue weighted by molar-refractivity contribution is 0.257. The second-order valence-electron chi connectivity index (χ2n) is 9.37. The second kappa shape index (κ2) is 11.1. The van der Waals surface area contributed by atoms with Gasteiger partial charge in [0.2, 0.25) is 5.95 Å². The molecule has 11 heteroatoms. The van der Waals surface area contributed by atoms with Crippen LogP contribution in [0.1, 0.15) is 38.2 Å². The molecular weight excluding hydrogens is 508 g/mol. The van der Waals surface area contributed by atoms with Gasteiger partial charge in [0, 0.05) is 43.5 Å². The lowest BCUT2D eigenvalue weighted by Gasteiger charge is -2.31. The summed E-state index contributed by atoms with van der Waals surface area (Å²) in [7, 11) is -3.33. The zero-order valence-electron chi connectivity index (χ0n) is 21.0. The van der Waals surface area contributed by atoms with Crippen LogP contribution in [-0.2, 0) is 16.3 Å². The summed E-state index contributed by atoms with van der Waals surface area (Å²) in [6.07, 6.45) is 11.9. The van der Waals surface area contributed by atoms with Crippen molar-refractivity contribution in [1.29, 1.82) is 0 Å². The van der Waals surface area contributed by atoms with E-state index in [4.69, 9.17) is 4.74 Å². The van der Waals surface area contributed by atoms with E-state index in [1.165, 1.54) is 29.2 Å². The fourth-order valence-electron chi connectivity index (χ4n) is 4.43. The predicted octanol–water partition coefficient (Wildman–Crippen LogP) is 4.58. The van der Waals surface area contributed by atoms with Crippen molar-refractivity contribution in [1.82, 2.24) is 24.9 Å². The highest BCUT2D eigenvalue weighted by molar-refractivity contribution is 7.90. The van der Waals surface area contributed by atoms with E-state index in [-0.39, 0.29) is 5.03 Å². The minimum atomic E-state index is -3.33. The number of fused-ring (bicyclic) bond motifs is 1. The van der Waals surface area contributed by atoms with Crippen LogP contribution >= 0.6 is 11.3 Å². The molecule has 1 aliphatic rings. The topological polar surface area (TPSA) is 111 Å². The maximum Gasteiger partial charge on any atom is 0.275 e. The number of hydrogen-bond acceptors (Lipinski definition) is 10. The Morgan fingerprint density at radius 2 is 1.81 bits per heavy atom. The van der Waals surface area contributed by atoms with Gasteiger partial charge in [0.1, 0.15) is 10.3 Å². The number of anilines is 1. The molecule has 5 rings (SSSR count). The Hall–Kier alpha value is -3.18. The summed E-state index contributed by atoms with van der Waals surface area (Å²) in [6.45, 7) is 4.71. The van der Waals surface area contributed by atoms with Crippen LogP contribution in [0.5, 0.6) is 5.19 Å². The first kappa shape index (κ1) is 25.5. The maximum atomic E-state index is 11.6. The number of piperidine rings is 1. The van der Waals surface area contributed by atoms with Crippen molar-refractivity contribution in [2.24, 2.45) is 5.92 Å². The van der Waals surface area contributed by atoms with Gasteiger partial charge in [-0.2, -0.15) is 0 Å². The SMILES string of the molecule is CCCc1cnc(N2CCC(CCOc3nc4ccc(-c5ccc(S(C)(=O)=O)nc5)nc4s3)CC2)nc1. The summed E-state index contributed by atoms with van der Waals surface area (Å²) in [5.74, 6) is 1.44. The molecule has 4 aromatic rings. The van der Waals surface area contributed by atoms with Gasteiger partial charge >= 0.3 is 0 Å². The normalized spacial score (nSPS) is 14.8. The van der Waals surface area contributed by atoms with Gasteiger partial charge in [-0.05, 0) is 61.4 Å². The van der Waals surface area contributed by atoms with Crippen LogP contribution in [0.2, 0.25) is 0 Å². The number of aromatic nitrogens is 5. The average molecular weight is 539 g/mol. The van der Waals surface area contributed by atoms with Gasteiger partial charge in [-0.1, -0.05) is 24.7 Å². The van der Waals surface area contributed by atoms with E-state index >= 15 is 0 Å². The molecule has 9 nitrogen and oxygen atoms in total. The highest BCUT2D eigenvalue weighted by Crippen LogP contribution is 2.30. The van der Waals surface area contributed by atoms with E-state index < -0.39 is 9.84 Å². The van der Waals surface area contributed by atoms with Crippen molar-refractivity contribution in [3.8, 4) is 16.5 Å².